The van der Waals surface area contributed by atoms with E-state index in [4.69, 9.17) is 14.2 Å². The highest BCUT2D eigenvalue weighted by molar-refractivity contribution is 5.99. The van der Waals surface area contributed by atoms with Gasteiger partial charge in [0.2, 0.25) is 18.6 Å². The zero-order chi connectivity index (χ0) is 16.5. The summed E-state index contributed by atoms with van der Waals surface area (Å²) in [6, 6.07) is 5.26. The molecule has 3 unspecified atom stereocenters. The van der Waals surface area contributed by atoms with Crippen LogP contribution in [0.5, 0.6) is 11.5 Å². The van der Waals surface area contributed by atoms with Crippen LogP contribution >= 0.6 is 0 Å². The topological polar surface area (TPSA) is 85.9 Å². The largest absolute Gasteiger partial charge is 0.454 e. The monoisotopic (exact) mass is 332 g/mol. The molecule has 7 nitrogen and oxygen atoms in total. The van der Waals surface area contributed by atoms with E-state index < -0.39 is 0 Å². The number of anilines is 1. The van der Waals surface area contributed by atoms with E-state index in [1.807, 2.05) is 0 Å². The fourth-order valence-electron chi connectivity index (χ4n) is 3.13. The van der Waals surface area contributed by atoms with Gasteiger partial charge in [-0.3, -0.25) is 9.59 Å². The molecule has 1 saturated carbocycles. The van der Waals surface area contributed by atoms with Crippen molar-refractivity contribution in [3.8, 4) is 11.5 Å². The van der Waals surface area contributed by atoms with Gasteiger partial charge >= 0.3 is 0 Å². The number of benzene rings is 1. The van der Waals surface area contributed by atoms with Crippen LogP contribution in [0.4, 0.5) is 5.69 Å². The number of carbonyl (C=O) groups is 2. The predicted molar refractivity (Wildman–Crippen MR) is 84.8 cm³/mol. The Bertz CT molecular complexity index is 656. The first-order valence-corrected chi connectivity index (χ1v) is 8.30. The maximum Gasteiger partial charge on any atom is 0.231 e. The second-order valence-corrected chi connectivity index (χ2v) is 6.39. The van der Waals surface area contributed by atoms with Crippen molar-refractivity contribution in [1.82, 2.24) is 5.32 Å². The number of amides is 2. The average molecular weight is 332 g/mol. The number of hydrogen-bond donors (Lipinski definition) is 2. The molecule has 24 heavy (non-hydrogen) atoms. The summed E-state index contributed by atoms with van der Waals surface area (Å²) in [4.78, 5) is 24.4. The molecular weight excluding hydrogens is 312 g/mol. The van der Waals surface area contributed by atoms with Gasteiger partial charge in [0, 0.05) is 24.9 Å². The lowest BCUT2D eigenvalue weighted by Gasteiger charge is -2.10. The lowest BCUT2D eigenvalue weighted by Crippen LogP contribution is -2.33. The Kier molecular flexibility index (Phi) is 4.02. The standard InChI is InChI=1S/C17H20N2O5/c20-16(18-8-11-2-1-5-22-11)12-7-13(12)17(21)19-10-3-4-14-15(6-10)24-9-23-14/h3-4,6,11-13H,1-2,5,7-9H2,(H,18,20)(H,19,21). The predicted octanol–water partition coefficient (Wildman–Crippen LogP) is 1.29. The van der Waals surface area contributed by atoms with Gasteiger partial charge in [-0.1, -0.05) is 0 Å². The van der Waals surface area contributed by atoms with Gasteiger partial charge in [0.1, 0.15) is 0 Å². The fourth-order valence-corrected chi connectivity index (χ4v) is 3.13. The Labute approximate surface area is 139 Å². The minimum Gasteiger partial charge on any atom is -0.454 e. The summed E-state index contributed by atoms with van der Waals surface area (Å²) >= 11 is 0. The molecule has 0 radical (unpaired) electrons. The van der Waals surface area contributed by atoms with E-state index in [1.54, 1.807) is 18.2 Å². The Hall–Kier alpha value is -2.28. The lowest BCUT2D eigenvalue weighted by atomic mass is 10.2. The van der Waals surface area contributed by atoms with Gasteiger partial charge in [0.05, 0.1) is 17.9 Å². The molecule has 2 aliphatic heterocycles. The number of rotatable bonds is 5. The summed E-state index contributed by atoms with van der Waals surface area (Å²) in [5.74, 6) is 0.600. The van der Waals surface area contributed by atoms with Crippen LogP contribution in [-0.2, 0) is 14.3 Å². The van der Waals surface area contributed by atoms with Crippen molar-refractivity contribution in [3.63, 3.8) is 0 Å². The number of fused-ring (bicyclic) bond motifs is 1. The second-order valence-electron chi connectivity index (χ2n) is 6.39. The third kappa shape index (κ3) is 3.17. The Balaban J connectivity index is 1.26. The summed E-state index contributed by atoms with van der Waals surface area (Å²) < 4.78 is 16.0. The zero-order valence-electron chi connectivity index (χ0n) is 13.2. The van der Waals surface area contributed by atoms with Crippen LogP contribution < -0.4 is 20.1 Å². The summed E-state index contributed by atoms with van der Waals surface area (Å²) in [6.45, 7) is 1.50. The maximum atomic E-state index is 12.3. The molecule has 1 aromatic carbocycles. The van der Waals surface area contributed by atoms with E-state index in [1.165, 1.54) is 0 Å². The summed E-state index contributed by atoms with van der Waals surface area (Å²) in [5.41, 5.74) is 0.648. The van der Waals surface area contributed by atoms with Crippen molar-refractivity contribution < 1.29 is 23.8 Å². The van der Waals surface area contributed by atoms with Gasteiger partial charge in [-0.05, 0) is 31.4 Å². The molecule has 0 aromatic heterocycles. The van der Waals surface area contributed by atoms with Crippen LogP contribution in [0, 0.1) is 11.8 Å². The first kappa shape index (κ1) is 15.3. The first-order chi connectivity index (χ1) is 11.7. The molecule has 2 fully saturated rings. The molecule has 4 rings (SSSR count). The van der Waals surface area contributed by atoms with Gasteiger partial charge in [-0.25, -0.2) is 0 Å². The summed E-state index contributed by atoms with van der Waals surface area (Å²) in [7, 11) is 0. The van der Waals surface area contributed by atoms with E-state index in [9.17, 15) is 9.59 Å². The first-order valence-electron chi connectivity index (χ1n) is 8.30. The SMILES string of the molecule is O=C(NCC1CCCO1)C1CC1C(=O)Nc1ccc2c(c1)OCO2. The average Bonchev–Trinajstić information content (AvgIpc) is 2.99. The molecule has 128 valence electrons. The maximum absolute atomic E-state index is 12.3. The molecule has 2 amide bonds. The van der Waals surface area contributed by atoms with E-state index in [-0.39, 0.29) is 36.5 Å². The fraction of sp³-hybridized carbons (Fsp3) is 0.529. The second kappa shape index (κ2) is 6.32. The van der Waals surface area contributed by atoms with E-state index in [0.717, 1.165) is 19.4 Å². The normalized spacial score (nSPS) is 26.9. The molecular formula is C17H20N2O5. The van der Waals surface area contributed by atoms with Crippen LogP contribution in [-0.4, -0.2) is 37.9 Å². The van der Waals surface area contributed by atoms with Gasteiger partial charge < -0.3 is 24.8 Å². The van der Waals surface area contributed by atoms with Crippen molar-refractivity contribution in [2.75, 3.05) is 25.3 Å². The Morgan fingerprint density at radius 1 is 1.12 bits per heavy atom. The van der Waals surface area contributed by atoms with Crippen molar-refractivity contribution in [3.05, 3.63) is 18.2 Å². The zero-order valence-corrected chi connectivity index (χ0v) is 13.2. The molecule has 2 heterocycles. The van der Waals surface area contributed by atoms with Crippen LogP contribution in [0.3, 0.4) is 0 Å². The van der Waals surface area contributed by atoms with Gasteiger partial charge in [-0.15, -0.1) is 0 Å². The smallest absolute Gasteiger partial charge is 0.231 e. The summed E-state index contributed by atoms with van der Waals surface area (Å²) in [6.07, 6.45) is 2.74. The Morgan fingerprint density at radius 3 is 2.79 bits per heavy atom. The number of carbonyl (C=O) groups excluding carboxylic acids is 2. The van der Waals surface area contributed by atoms with Crippen LogP contribution in [0.2, 0.25) is 0 Å². The minimum atomic E-state index is -0.264. The van der Waals surface area contributed by atoms with Crippen LogP contribution in [0.15, 0.2) is 18.2 Å². The molecule has 1 aliphatic carbocycles. The molecule has 1 saturated heterocycles. The van der Waals surface area contributed by atoms with Crippen molar-refractivity contribution in [2.45, 2.75) is 25.4 Å². The molecule has 1 aromatic rings. The van der Waals surface area contributed by atoms with E-state index in [2.05, 4.69) is 10.6 Å². The van der Waals surface area contributed by atoms with Gasteiger partial charge in [-0.2, -0.15) is 0 Å². The molecule has 0 spiro atoms. The number of hydrogen-bond acceptors (Lipinski definition) is 5. The van der Waals surface area contributed by atoms with Crippen LogP contribution in [0.1, 0.15) is 19.3 Å². The quantitative estimate of drug-likeness (QED) is 0.848. The van der Waals surface area contributed by atoms with Crippen molar-refractivity contribution in [2.24, 2.45) is 11.8 Å². The van der Waals surface area contributed by atoms with Crippen LogP contribution in [0.25, 0.3) is 0 Å². The molecule has 0 bridgehead atoms. The third-order valence-corrected chi connectivity index (χ3v) is 4.63. The lowest BCUT2D eigenvalue weighted by molar-refractivity contribution is -0.125. The molecule has 7 heteroatoms. The molecule has 3 aliphatic rings. The highest BCUT2D eigenvalue weighted by atomic mass is 16.7. The van der Waals surface area contributed by atoms with Crippen molar-refractivity contribution >= 4 is 17.5 Å². The van der Waals surface area contributed by atoms with Crippen molar-refractivity contribution in [1.29, 1.82) is 0 Å². The van der Waals surface area contributed by atoms with E-state index in [0.29, 0.717) is 30.2 Å². The van der Waals surface area contributed by atoms with Gasteiger partial charge in [0.25, 0.3) is 0 Å². The summed E-state index contributed by atoms with van der Waals surface area (Å²) in [5, 5.41) is 5.73. The van der Waals surface area contributed by atoms with E-state index >= 15 is 0 Å². The minimum absolute atomic E-state index is 0.0589. The van der Waals surface area contributed by atoms with Gasteiger partial charge in [0.15, 0.2) is 11.5 Å². The number of ether oxygens (including phenoxy) is 3. The molecule has 3 atom stereocenters. The third-order valence-electron chi connectivity index (χ3n) is 4.63. The highest BCUT2D eigenvalue weighted by Crippen LogP contribution is 2.40. The highest BCUT2D eigenvalue weighted by Gasteiger charge is 2.48. The molecule has 2 N–H and O–H groups in total. The number of nitrogens with one attached hydrogen (secondary N) is 2. The Morgan fingerprint density at radius 2 is 1.96 bits per heavy atom.